The Hall–Kier alpha value is -8.01. The standard InChI is InChI=1S/C57H35N3/c1-2-12-40(13-3-1)55-58-56(60-57(59-55)44-30-23-36-11-4-5-14-42(36)33-44)41-28-26-39(27-29-41)53-35-45(34-43-15-6-7-16-46(43)53)37-21-24-38(25-22-37)47-31-32-52-49-18-9-8-17-48(49)51-20-10-19-50(47)54(51)52/h1-35H. The number of rotatable bonds is 6. The van der Waals surface area contributed by atoms with E-state index in [1.807, 2.05) is 30.3 Å². The Morgan fingerprint density at radius 3 is 1.45 bits per heavy atom. The van der Waals surface area contributed by atoms with Crippen LogP contribution in [0.4, 0.5) is 0 Å². The molecule has 0 bridgehead atoms. The summed E-state index contributed by atoms with van der Waals surface area (Å²) >= 11 is 0. The molecule has 0 saturated heterocycles. The van der Waals surface area contributed by atoms with Gasteiger partial charge in [0, 0.05) is 16.7 Å². The highest BCUT2D eigenvalue weighted by molar-refractivity contribution is 6.18. The van der Waals surface area contributed by atoms with Crippen molar-refractivity contribution < 1.29 is 0 Å². The van der Waals surface area contributed by atoms with Gasteiger partial charge in [-0.05, 0) is 106 Å². The molecule has 0 unspecified atom stereocenters. The first-order valence-corrected chi connectivity index (χ1v) is 20.4. The van der Waals surface area contributed by atoms with Gasteiger partial charge in [0.25, 0.3) is 0 Å². The van der Waals surface area contributed by atoms with Crippen LogP contribution in [0.5, 0.6) is 0 Å². The molecule has 0 amide bonds. The largest absolute Gasteiger partial charge is 0.208 e. The summed E-state index contributed by atoms with van der Waals surface area (Å²) in [6.07, 6.45) is 0. The second kappa shape index (κ2) is 13.8. The maximum absolute atomic E-state index is 5.06. The molecule has 3 heteroatoms. The third kappa shape index (κ3) is 5.71. The van der Waals surface area contributed by atoms with Crippen molar-refractivity contribution >= 4 is 32.3 Å². The van der Waals surface area contributed by atoms with E-state index in [1.54, 1.807) is 0 Å². The summed E-state index contributed by atoms with van der Waals surface area (Å²) in [6, 6.07) is 76.0. The molecule has 1 heterocycles. The van der Waals surface area contributed by atoms with Crippen LogP contribution in [0.3, 0.4) is 0 Å². The van der Waals surface area contributed by atoms with E-state index >= 15 is 0 Å². The lowest BCUT2D eigenvalue weighted by Crippen LogP contribution is -2.00. The van der Waals surface area contributed by atoms with Crippen molar-refractivity contribution in [2.45, 2.75) is 0 Å². The Balaban J connectivity index is 0.909. The smallest absolute Gasteiger partial charge is 0.164 e. The van der Waals surface area contributed by atoms with Gasteiger partial charge in [-0.15, -0.1) is 0 Å². The Labute approximate surface area is 348 Å². The molecule has 3 nitrogen and oxygen atoms in total. The van der Waals surface area contributed by atoms with Crippen LogP contribution in [0, 0.1) is 0 Å². The summed E-state index contributed by atoms with van der Waals surface area (Å²) in [7, 11) is 0. The highest BCUT2D eigenvalue weighted by Gasteiger charge is 2.22. The average Bonchev–Trinajstić information content (AvgIpc) is 3.66. The van der Waals surface area contributed by atoms with Crippen molar-refractivity contribution in [2.24, 2.45) is 0 Å². The fourth-order valence-electron chi connectivity index (χ4n) is 9.10. The minimum Gasteiger partial charge on any atom is -0.208 e. The van der Waals surface area contributed by atoms with Crippen molar-refractivity contribution in [1.82, 2.24) is 15.0 Å². The van der Waals surface area contributed by atoms with Crippen molar-refractivity contribution in [3.8, 4) is 89.8 Å². The molecule has 0 fully saturated rings. The second-order valence-corrected chi connectivity index (χ2v) is 15.6. The van der Waals surface area contributed by atoms with E-state index in [1.165, 1.54) is 77.0 Å². The third-order valence-corrected chi connectivity index (χ3v) is 12.1. The first-order valence-electron chi connectivity index (χ1n) is 20.4. The van der Waals surface area contributed by atoms with Gasteiger partial charge in [0.15, 0.2) is 17.5 Å². The Kier molecular flexibility index (Phi) is 7.85. The summed E-state index contributed by atoms with van der Waals surface area (Å²) in [5.41, 5.74) is 15.3. The zero-order valence-corrected chi connectivity index (χ0v) is 32.5. The first-order chi connectivity index (χ1) is 29.7. The quantitative estimate of drug-likeness (QED) is 0.169. The van der Waals surface area contributed by atoms with Crippen LogP contribution < -0.4 is 0 Å². The Bertz CT molecular complexity index is 3430. The van der Waals surface area contributed by atoms with Crippen LogP contribution in [0.1, 0.15) is 0 Å². The molecule has 10 aromatic carbocycles. The van der Waals surface area contributed by atoms with Crippen LogP contribution in [0.2, 0.25) is 0 Å². The van der Waals surface area contributed by atoms with E-state index in [9.17, 15) is 0 Å². The molecule has 1 aliphatic rings. The number of fused-ring (bicyclic) bond motifs is 5. The van der Waals surface area contributed by atoms with Crippen LogP contribution in [0.25, 0.3) is 122 Å². The second-order valence-electron chi connectivity index (χ2n) is 15.6. The van der Waals surface area contributed by atoms with Gasteiger partial charge in [-0.3, -0.25) is 0 Å². The minimum absolute atomic E-state index is 0.641. The van der Waals surface area contributed by atoms with Gasteiger partial charge in [0.1, 0.15) is 0 Å². The molecule has 0 atom stereocenters. The van der Waals surface area contributed by atoms with Gasteiger partial charge < -0.3 is 0 Å². The average molecular weight is 762 g/mol. The fraction of sp³-hybridized carbons (Fsp3) is 0. The van der Waals surface area contributed by atoms with E-state index < -0.39 is 0 Å². The van der Waals surface area contributed by atoms with Crippen LogP contribution in [-0.4, -0.2) is 15.0 Å². The summed E-state index contributed by atoms with van der Waals surface area (Å²) in [5, 5.41) is 7.39. The first kappa shape index (κ1) is 34.1. The lowest BCUT2D eigenvalue weighted by atomic mass is 9.91. The van der Waals surface area contributed by atoms with E-state index in [-0.39, 0.29) is 0 Å². The molecule has 0 saturated carbocycles. The summed E-state index contributed by atoms with van der Waals surface area (Å²) in [6.45, 7) is 0. The highest BCUT2D eigenvalue weighted by atomic mass is 15.0. The van der Waals surface area contributed by atoms with Crippen molar-refractivity contribution in [3.63, 3.8) is 0 Å². The molecule has 0 radical (unpaired) electrons. The number of hydrogen-bond donors (Lipinski definition) is 0. The molecule has 1 aliphatic carbocycles. The maximum Gasteiger partial charge on any atom is 0.164 e. The number of hydrogen-bond acceptors (Lipinski definition) is 3. The van der Waals surface area contributed by atoms with Crippen molar-refractivity contribution in [3.05, 3.63) is 212 Å². The van der Waals surface area contributed by atoms with E-state index in [4.69, 9.17) is 15.0 Å². The lowest BCUT2D eigenvalue weighted by molar-refractivity contribution is 1.07. The van der Waals surface area contributed by atoms with Gasteiger partial charge in [0.05, 0.1) is 0 Å². The molecule has 278 valence electrons. The minimum atomic E-state index is 0.641. The summed E-state index contributed by atoms with van der Waals surface area (Å²) < 4.78 is 0. The monoisotopic (exact) mass is 761 g/mol. The van der Waals surface area contributed by atoms with Gasteiger partial charge >= 0.3 is 0 Å². The van der Waals surface area contributed by atoms with Crippen LogP contribution >= 0.6 is 0 Å². The molecule has 1 aromatic heterocycles. The topological polar surface area (TPSA) is 38.7 Å². The SMILES string of the molecule is c1ccc(-c2nc(-c3ccc(-c4cc(-c5ccc(-c6ccc7c8c(cccc68)-c6ccccc6-7)cc5)cc5ccccc45)cc3)nc(-c3ccc4ccccc4c3)n2)cc1. The highest BCUT2D eigenvalue weighted by Crippen LogP contribution is 2.49. The zero-order valence-electron chi connectivity index (χ0n) is 32.5. The van der Waals surface area contributed by atoms with Crippen molar-refractivity contribution in [2.75, 3.05) is 0 Å². The van der Waals surface area contributed by atoms with Crippen LogP contribution in [0.15, 0.2) is 212 Å². The molecule has 0 N–H and O–H groups in total. The molecular weight excluding hydrogens is 727 g/mol. The summed E-state index contributed by atoms with van der Waals surface area (Å²) in [4.78, 5) is 15.0. The Morgan fingerprint density at radius 1 is 0.217 bits per heavy atom. The molecule has 12 rings (SSSR count). The molecule has 60 heavy (non-hydrogen) atoms. The molecule has 0 spiro atoms. The van der Waals surface area contributed by atoms with Crippen LogP contribution in [-0.2, 0) is 0 Å². The zero-order chi connectivity index (χ0) is 39.6. The lowest BCUT2D eigenvalue weighted by Gasteiger charge is -2.13. The van der Waals surface area contributed by atoms with Crippen molar-refractivity contribution in [1.29, 1.82) is 0 Å². The number of nitrogens with zero attached hydrogens (tertiary/aromatic N) is 3. The van der Waals surface area contributed by atoms with Gasteiger partial charge in [-0.2, -0.15) is 0 Å². The van der Waals surface area contributed by atoms with E-state index in [2.05, 4.69) is 182 Å². The Morgan fingerprint density at radius 2 is 0.700 bits per heavy atom. The van der Waals surface area contributed by atoms with E-state index in [0.717, 1.165) is 27.6 Å². The number of aromatic nitrogens is 3. The normalized spacial score (nSPS) is 11.7. The number of benzene rings is 10. The van der Waals surface area contributed by atoms with Gasteiger partial charge in [0.2, 0.25) is 0 Å². The molecule has 0 aliphatic heterocycles. The predicted octanol–water partition coefficient (Wildman–Crippen LogP) is 15.0. The molecule has 11 aromatic rings. The summed E-state index contributed by atoms with van der Waals surface area (Å²) in [5.74, 6) is 1.94. The maximum atomic E-state index is 5.06. The third-order valence-electron chi connectivity index (χ3n) is 12.1. The van der Waals surface area contributed by atoms with Gasteiger partial charge in [-0.1, -0.05) is 194 Å². The van der Waals surface area contributed by atoms with Gasteiger partial charge in [-0.25, -0.2) is 15.0 Å². The predicted molar refractivity (Wildman–Crippen MR) is 249 cm³/mol. The molecular formula is C57H35N3. The van der Waals surface area contributed by atoms with E-state index in [0.29, 0.717) is 17.5 Å². The fourth-order valence-corrected chi connectivity index (χ4v) is 9.10.